The standard InChI is InChI=1S/C16H13F5N4O2.C14H9F5N4O.C2H6/c1-15(17,18)14-23-22-13-6-4-11(24-25(13)14)9-3-5-12(27-16(19,20)21)10(7-9)8-26-2;1-7-6-8(24-14(17,18)19)2-3-9(7)10-4-5-11-20-21-13(12(15)16)23(11)22-10;1-2/h3-7H,8H2,1-2H3;2-6,12H,1H3;1-2H3. The van der Waals surface area contributed by atoms with Crippen molar-refractivity contribution in [3.8, 4) is 34.0 Å². The second kappa shape index (κ2) is 16.0. The van der Waals surface area contributed by atoms with Gasteiger partial charge in [0.05, 0.1) is 18.0 Å². The van der Waals surface area contributed by atoms with Crippen LogP contribution in [0.5, 0.6) is 11.5 Å². The van der Waals surface area contributed by atoms with Crippen LogP contribution in [0.4, 0.5) is 43.9 Å². The number of halogens is 10. The lowest BCUT2D eigenvalue weighted by Crippen LogP contribution is -2.18. The van der Waals surface area contributed by atoms with E-state index in [0.29, 0.717) is 29.3 Å². The molecule has 0 aliphatic rings. The van der Waals surface area contributed by atoms with E-state index in [1.54, 1.807) is 6.92 Å². The first kappa shape index (κ1) is 40.2. The number of nitrogens with zero attached hydrogens (tertiary/aromatic N) is 8. The van der Waals surface area contributed by atoms with Gasteiger partial charge in [0.25, 0.3) is 6.43 Å². The summed E-state index contributed by atoms with van der Waals surface area (Å²) in [5.74, 6) is -5.31. The molecular weight excluding hydrogens is 734 g/mol. The Morgan fingerprint density at radius 1 is 0.698 bits per heavy atom. The highest BCUT2D eigenvalue weighted by Gasteiger charge is 2.34. The zero-order chi connectivity index (χ0) is 39.3. The molecule has 4 heterocycles. The Kier molecular flexibility index (Phi) is 12.1. The van der Waals surface area contributed by atoms with Crippen LogP contribution in [0.15, 0.2) is 60.7 Å². The zero-order valence-electron chi connectivity index (χ0n) is 28.1. The van der Waals surface area contributed by atoms with Crippen molar-refractivity contribution in [3.63, 3.8) is 0 Å². The maximum atomic E-state index is 13.6. The van der Waals surface area contributed by atoms with Gasteiger partial charge in [-0.25, -0.2) is 8.78 Å². The Morgan fingerprint density at radius 3 is 1.89 bits per heavy atom. The molecule has 2 aromatic carbocycles. The molecule has 0 fully saturated rings. The second-order valence-electron chi connectivity index (χ2n) is 10.6. The van der Waals surface area contributed by atoms with Crippen LogP contribution in [0.1, 0.15) is 50.0 Å². The number of alkyl halides is 10. The molecule has 6 aromatic rings. The van der Waals surface area contributed by atoms with E-state index in [4.69, 9.17) is 4.74 Å². The van der Waals surface area contributed by atoms with Crippen molar-refractivity contribution < 1.29 is 58.1 Å². The largest absolute Gasteiger partial charge is 0.573 e. The molecule has 0 bridgehead atoms. The number of methoxy groups -OCH3 is 1. The molecule has 53 heavy (non-hydrogen) atoms. The van der Waals surface area contributed by atoms with E-state index in [1.807, 2.05) is 13.8 Å². The molecule has 0 N–H and O–H groups in total. The summed E-state index contributed by atoms with van der Waals surface area (Å²) in [6.45, 7) is 6.08. The van der Waals surface area contributed by atoms with Gasteiger partial charge in [0.1, 0.15) is 11.5 Å². The second-order valence-corrected chi connectivity index (χ2v) is 10.6. The van der Waals surface area contributed by atoms with Gasteiger partial charge in [-0.05, 0) is 73.2 Å². The number of aromatic nitrogens is 8. The first-order chi connectivity index (χ1) is 24.8. The lowest BCUT2D eigenvalue weighted by Gasteiger charge is -2.14. The van der Waals surface area contributed by atoms with Crippen molar-refractivity contribution in [2.24, 2.45) is 0 Å². The Morgan fingerprint density at radius 2 is 1.30 bits per heavy atom. The lowest BCUT2D eigenvalue weighted by molar-refractivity contribution is -0.275. The fraction of sp³-hybridized carbons (Fsp3) is 0.312. The fourth-order valence-electron chi connectivity index (χ4n) is 4.65. The smallest absolute Gasteiger partial charge is 0.406 e. The maximum absolute atomic E-state index is 13.6. The molecule has 6 rings (SSSR count). The molecular formula is C32H28F10N8O3. The normalized spacial score (nSPS) is 12.0. The third-order valence-electron chi connectivity index (χ3n) is 6.73. The van der Waals surface area contributed by atoms with Crippen LogP contribution in [0.25, 0.3) is 33.8 Å². The Balaban J connectivity index is 0.000000228. The number of rotatable bonds is 8. The van der Waals surface area contributed by atoms with Crippen molar-refractivity contribution in [2.75, 3.05) is 7.11 Å². The molecule has 0 amide bonds. The summed E-state index contributed by atoms with van der Waals surface area (Å²) >= 11 is 0. The van der Waals surface area contributed by atoms with Gasteiger partial charge in [0.2, 0.25) is 11.6 Å². The lowest BCUT2D eigenvalue weighted by atomic mass is 10.1. The maximum Gasteiger partial charge on any atom is 0.573 e. The Bertz CT molecular complexity index is 2160. The molecule has 0 aliphatic heterocycles. The number of hydrogen-bond acceptors (Lipinski definition) is 9. The van der Waals surface area contributed by atoms with Crippen LogP contribution in [0, 0.1) is 6.92 Å². The summed E-state index contributed by atoms with van der Waals surface area (Å²) in [4.78, 5) is 0. The predicted molar refractivity (Wildman–Crippen MR) is 167 cm³/mol. The average molecular weight is 763 g/mol. The quantitative estimate of drug-likeness (QED) is 0.140. The van der Waals surface area contributed by atoms with Gasteiger partial charge in [0.15, 0.2) is 11.3 Å². The first-order valence-corrected chi connectivity index (χ1v) is 15.2. The predicted octanol–water partition coefficient (Wildman–Crippen LogP) is 8.91. The molecule has 4 aromatic heterocycles. The van der Waals surface area contributed by atoms with E-state index >= 15 is 0 Å². The highest BCUT2D eigenvalue weighted by atomic mass is 19.4. The van der Waals surface area contributed by atoms with E-state index in [2.05, 4.69) is 40.1 Å². The van der Waals surface area contributed by atoms with Crippen molar-refractivity contribution in [1.82, 2.24) is 39.6 Å². The molecule has 0 unspecified atom stereocenters. The summed E-state index contributed by atoms with van der Waals surface area (Å²) in [7, 11) is 1.32. The van der Waals surface area contributed by atoms with E-state index in [0.717, 1.165) is 21.2 Å². The SMILES string of the molecule is CC.COCc1cc(-c2ccc3nnc(C(C)(F)F)n3n2)ccc1OC(F)(F)F.Cc1cc(OC(F)(F)F)ccc1-c1ccc2nnc(C(F)F)n2n1. The molecule has 21 heteroatoms. The Labute approximate surface area is 293 Å². The van der Waals surface area contributed by atoms with Crippen LogP contribution in [-0.2, 0) is 17.3 Å². The van der Waals surface area contributed by atoms with Crippen LogP contribution >= 0.6 is 0 Å². The van der Waals surface area contributed by atoms with Gasteiger partial charge in [-0.2, -0.15) is 28.0 Å². The van der Waals surface area contributed by atoms with Crippen molar-refractivity contribution >= 4 is 11.3 Å². The van der Waals surface area contributed by atoms with E-state index in [9.17, 15) is 43.9 Å². The number of aryl methyl sites for hydroxylation is 1. The van der Waals surface area contributed by atoms with E-state index in [1.165, 1.54) is 55.6 Å². The van der Waals surface area contributed by atoms with Crippen molar-refractivity contribution in [1.29, 1.82) is 0 Å². The summed E-state index contributed by atoms with van der Waals surface area (Å²) < 4.78 is 142. The minimum absolute atomic E-state index is 0.115. The van der Waals surface area contributed by atoms with Crippen molar-refractivity contribution in [3.05, 3.63) is 83.4 Å². The third-order valence-corrected chi connectivity index (χ3v) is 6.73. The zero-order valence-corrected chi connectivity index (χ0v) is 28.1. The van der Waals surface area contributed by atoms with Crippen LogP contribution in [0.2, 0.25) is 0 Å². The molecule has 0 saturated carbocycles. The topological polar surface area (TPSA) is 114 Å². The first-order valence-electron chi connectivity index (χ1n) is 15.2. The summed E-state index contributed by atoms with van der Waals surface area (Å²) in [6.07, 6.45) is -12.5. The molecule has 0 spiro atoms. The fourth-order valence-corrected chi connectivity index (χ4v) is 4.65. The van der Waals surface area contributed by atoms with Crippen LogP contribution < -0.4 is 9.47 Å². The molecule has 0 radical (unpaired) electrons. The summed E-state index contributed by atoms with van der Waals surface area (Å²) in [5.41, 5.74) is 2.21. The highest BCUT2D eigenvalue weighted by molar-refractivity contribution is 5.65. The van der Waals surface area contributed by atoms with Crippen LogP contribution in [0.3, 0.4) is 0 Å². The molecule has 11 nitrogen and oxygen atoms in total. The van der Waals surface area contributed by atoms with E-state index in [-0.39, 0.29) is 34.9 Å². The summed E-state index contributed by atoms with van der Waals surface area (Å²) in [6, 6.07) is 13.4. The molecule has 0 atom stereocenters. The number of benzene rings is 2. The monoisotopic (exact) mass is 762 g/mol. The number of hydrogen-bond donors (Lipinski definition) is 0. The summed E-state index contributed by atoms with van der Waals surface area (Å²) in [5, 5.41) is 22.1. The average Bonchev–Trinajstić information content (AvgIpc) is 3.70. The van der Waals surface area contributed by atoms with Crippen LogP contribution in [-0.4, -0.2) is 59.5 Å². The third kappa shape index (κ3) is 10.1. The minimum Gasteiger partial charge on any atom is -0.406 e. The molecule has 0 saturated heterocycles. The van der Waals surface area contributed by atoms with E-state index < -0.39 is 42.5 Å². The van der Waals surface area contributed by atoms with Gasteiger partial charge in [-0.3, -0.25) is 0 Å². The Hall–Kier alpha value is -5.60. The van der Waals surface area contributed by atoms with Gasteiger partial charge < -0.3 is 14.2 Å². The van der Waals surface area contributed by atoms with Gasteiger partial charge in [-0.1, -0.05) is 13.8 Å². The molecule has 284 valence electrons. The minimum atomic E-state index is -4.86. The molecule has 0 aliphatic carbocycles. The highest BCUT2D eigenvalue weighted by Crippen LogP contribution is 2.32. The van der Waals surface area contributed by atoms with Gasteiger partial charge >= 0.3 is 18.6 Å². The van der Waals surface area contributed by atoms with Gasteiger partial charge in [0, 0.05) is 30.7 Å². The van der Waals surface area contributed by atoms with Crippen molar-refractivity contribution in [2.45, 2.75) is 59.4 Å². The van der Waals surface area contributed by atoms with Gasteiger partial charge in [-0.15, -0.1) is 46.7 Å². The number of ether oxygens (including phenoxy) is 3. The number of fused-ring (bicyclic) bond motifs is 2.